The number of thiophene rings is 1. The van der Waals surface area contributed by atoms with Gasteiger partial charge < -0.3 is 16.4 Å². The number of alkyl halides is 3. The van der Waals surface area contributed by atoms with Crippen molar-refractivity contribution in [1.82, 2.24) is 5.32 Å². The maximum Gasteiger partial charge on any atom is 0.411 e. The maximum atomic E-state index is 12.7. The average molecular weight is 279 g/mol. The highest BCUT2D eigenvalue weighted by atomic mass is 32.1. The average Bonchev–Trinajstić information content (AvgIpc) is 2.96. The molecule has 1 heterocycles. The lowest BCUT2D eigenvalue weighted by atomic mass is 10.2. The molecule has 0 aliphatic heterocycles. The Kier molecular flexibility index (Phi) is 2.92. The van der Waals surface area contributed by atoms with E-state index in [-0.39, 0.29) is 28.4 Å². The van der Waals surface area contributed by atoms with Crippen molar-refractivity contribution in [1.29, 1.82) is 0 Å². The van der Waals surface area contributed by atoms with Crippen molar-refractivity contribution in [2.24, 2.45) is 0 Å². The van der Waals surface area contributed by atoms with Gasteiger partial charge in [-0.1, -0.05) is 0 Å². The van der Waals surface area contributed by atoms with Gasteiger partial charge in [0.05, 0.1) is 10.7 Å². The van der Waals surface area contributed by atoms with E-state index in [4.69, 9.17) is 5.73 Å². The van der Waals surface area contributed by atoms with Crippen LogP contribution in [0.2, 0.25) is 0 Å². The Morgan fingerprint density at radius 1 is 1.50 bits per heavy atom. The number of carbonyl (C=O) groups is 1. The zero-order valence-electron chi connectivity index (χ0n) is 9.52. The van der Waals surface area contributed by atoms with E-state index in [0.29, 0.717) is 0 Å². The van der Waals surface area contributed by atoms with Crippen molar-refractivity contribution < 1.29 is 18.0 Å². The summed E-state index contributed by atoms with van der Waals surface area (Å²) >= 11 is 0.927. The molecule has 4 nitrogen and oxygen atoms in total. The quantitative estimate of drug-likeness (QED) is 0.794. The molecule has 18 heavy (non-hydrogen) atoms. The predicted molar refractivity (Wildman–Crippen MR) is 63.8 cm³/mol. The normalized spacial score (nSPS) is 17.3. The Morgan fingerprint density at radius 3 is 2.56 bits per heavy atom. The van der Waals surface area contributed by atoms with Gasteiger partial charge in [-0.3, -0.25) is 4.79 Å². The Morgan fingerprint density at radius 2 is 2.11 bits per heavy atom. The minimum atomic E-state index is -4.29. The van der Waals surface area contributed by atoms with E-state index in [9.17, 15) is 18.0 Å². The molecule has 1 amide bonds. The minimum absolute atomic E-state index is 0.0453. The first-order valence-electron chi connectivity index (χ1n) is 5.25. The van der Waals surface area contributed by atoms with Gasteiger partial charge in [0.2, 0.25) is 0 Å². The third kappa shape index (κ3) is 2.12. The molecule has 0 saturated heterocycles. The second-order valence-electron chi connectivity index (χ2n) is 4.18. The smallest absolute Gasteiger partial charge is 0.397 e. The largest absolute Gasteiger partial charge is 0.411 e. The van der Waals surface area contributed by atoms with Crippen LogP contribution in [0.1, 0.15) is 22.5 Å². The van der Waals surface area contributed by atoms with Gasteiger partial charge in [0.15, 0.2) is 0 Å². The molecule has 0 radical (unpaired) electrons. The van der Waals surface area contributed by atoms with Crippen molar-refractivity contribution in [2.45, 2.75) is 24.6 Å². The summed E-state index contributed by atoms with van der Waals surface area (Å²) in [5, 5.41) is 5.09. The summed E-state index contributed by atoms with van der Waals surface area (Å²) in [6.45, 7) is 0. The number of carbonyl (C=O) groups excluding carboxylic acids is 1. The minimum Gasteiger partial charge on any atom is -0.397 e. The Hall–Kier alpha value is -1.44. The van der Waals surface area contributed by atoms with Gasteiger partial charge in [0.1, 0.15) is 10.4 Å². The molecule has 0 aromatic carbocycles. The fraction of sp³-hybridized carbons (Fsp3) is 0.500. The Balaban J connectivity index is 2.19. The van der Waals surface area contributed by atoms with E-state index < -0.39 is 17.6 Å². The monoisotopic (exact) mass is 279 g/mol. The molecular formula is C10H12F3N3OS. The van der Waals surface area contributed by atoms with E-state index in [1.54, 1.807) is 0 Å². The van der Waals surface area contributed by atoms with Crippen LogP contribution in [0.3, 0.4) is 0 Å². The van der Waals surface area contributed by atoms with Crippen LogP contribution in [0.15, 0.2) is 6.07 Å². The molecule has 100 valence electrons. The standard InChI is InChI=1S/C10H12F3N3OS/c1-15-8(17)7-5(14)4-6(18-7)16-9(2-3-9)10(11,12)13/h4,16H,2-3,14H2,1H3,(H,15,17). The van der Waals surface area contributed by atoms with Crippen molar-refractivity contribution >= 4 is 27.9 Å². The van der Waals surface area contributed by atoms with Crippen LogP contribution < -0.4 is 16.4 Å². The number of halogens is 3. The zero-order valence-corrected chi connectivity index (χ0v) is 10.3. The summed E-state index contributed by atoms with van der Waals surface area (Å²) in [5.74, 6) is -0.401. The Labute approximate surface area is 105 Å². The van der Waals surface area contributed by atoms with Crippen LogP contribution in [0, 0.1) is 0 Å². The first-order valence-corrected chi connectivity index (χ1v) is 6.07. The van der Waals surface area contributed by atoms with Gasteiger partial charge in [-0.25, -0.2) is 0 Å². The highest BCUT2D eigenvalue weighted by molar-refractivity contribution is 7.18. The van der Waals surface area contributed by atoms with Gasteiger partial charge in [0, 0.05) is 7.05 Å². The lowest BCUT2D eigenvalue weighted by Crippen LogP contribution is -2.38. The molecule has 1 aromatic heterocycles. The van der Waals surface area contributed by atoms with E-state index in [2.05, 4.69) is 10.6 Å². The molecule has 1 aliphatic carbocycles. The first-order chi connectivity index (χ1) is 8.29. The molecule has 4 N–H and O–H groups in total. The molecule has 1 saturated carbocycles. The molecule has 1 aromatic rings. The molecule has 1 fully saturated rings. The summed E-state index contributed by atoms with van der Waals surface area (Å²) in [6.07, 6.45) is -4.20. The van der Waals surface area contributed by atoms with Crippen LogP contribution in [0.5, 0.6) is 0 Å². The molecular weight excluding hydrogens is 267 g/mol. The number of nitrogen functional groups attached to an aromatic ring is 1. The Bertz CT molecular complexity index is 479. The van der Waals surface area contributed by atoms with Crippen LogP contribution >= 0.6 is 11.3 Å². The van der Waals surface area contributed by atoms with E-state index in [0.717, 1.165) is 11.3 Å². The van der Waals surface area contributed by atoms with Crippen molar-refractivity contribution in [3.05, 3.63) is 10.9 Å². The SMILES string of the molecule is CNC(=O)c1sc(NC2(C(F)(F)F)CC2)cc1N. The third-order valence-corrected chi connectivity index (χ3v) is 3.91. The van der Waals surface area contributed by atoms with Crippen LogP contribution in [-0.4, -0.2) is 24.7 Å². The van der Waals surface area contributed by atoms with Gasteiger partial charge in [-0.15, -0.1) is 11.3 Å². The van der Waals surface area contributed by atoms with E-state index >= 15 is 0 Å². The maximum absolute atomic E-state index is 12.7. The van der Waals surface area contributed by atoms with Crippen molar-refractivity contribution in [3.8, 4) is 0 Å². The topological polar surface area (TPSA) is 67.2 Å². The predicted octanol–water partition coefficient (Wildman–Crippen LogP) is 2.20. The number of anilines is 2. The van der Waals surface area contributed by atoms with E-state index in [1.165, 1.54) is 13.1 Å². The summed E-state index contributed by atoms with van der Waals surface area (Å²) in [5.41, 5.74) is 3.93. The second kappa shape index (κ2) is 4.04. The highest BCUT2D eigenvalue weighted by Crippen LogP contribution is 2.52. The summed E-state index contributed by atoms with van der Waals surface area (Å²) in [4.78, 5) is 11.6. The molecule has 0 spiro atoms. The molecule has 1 aliphatic rings. The van der Waals surface area contributed by atoms with Crippen molar-refractivity contribution in [2.75, 3.05) is 18.1 Å². The molecule has 0 bridgehead atoms. The molecule has 2 rings (SSSR count). The summed E-state index contributed by atoms with van der Waals surface area (Å²) in [7, 11) is 1.44. The molecule has 0 atom stereocenters. The lowest BCUT2D eigenvalue weighted by molar-refractivity contribution is -0.151. The van der Waals surface area contributed by atoms with Crippen LogP contribution in [0.25, 0.3) is 0 Å². The highest BCUT2D eigenvalue weighted by Gasteiger charge is 2.63. The van der Waals surface area contributed by atoms with Crippen LogP contribution in [0.4, 0.5) is 23.9 Å². The van der Waals surface area contributed by atoms with E-state index in [1.807, 2.05) is 0 Å². The fourth-order valence-electron chi connectivity index (χ4n) is 1.60. The van der Waals surface area contributed by atoms with Gasteiger partial charge in [-0.05, 0) is 18.9 Å². The van der Waals surface area contributed by atoms with Gasteiger partial charge >= 0.3 is 6.18 Å². The third-order valence-electron chi connectivity index (χ3n) is 2.85. The summed E-state index contributed by atoms with van der Waals surface area (Å²) < 4.78 is 38.2. The number of amides is 1. The number of hydrogen-bond acceptors (Lipinski definition) is 4. The number of hydrogen-bond donors (Lipinski definition) is 3. The molecule has 8 heteroatoms. The van der Waals surface area contributed by atoms with Crippen molar-refractivity contribution in [3.63, 3.8) is 0 Å². The fourth-order valence-corrected chi connectivity index (χ4v) is 2.62. The molecule has 0 unspecified atom stereocenters. The van der Waals surface area contributed by atoms with Gasteiger partial charge in [0.25, 0.3) is 5.91 Å². The van der Waals surface area contributed by atoms with Gasteiger partial charge in [-0.2, -0.15) is 13.2 Å². The zero-order chi connectivity index (χ0) is 13.6. The summed E-state index contributed by atoms with van der Waals surface area (Å²) in [6, 6.07) is 1.36. The number of nitrogens with two attached hydrogens (primary N) is 1. The number of nitrogens with one attached hydrogen (secondary N) is 2. The van der Waals surface area contributed by atoms with Crippen LogP contribution in [-0.2, 0) is 0 Å². The lowest BCUT2D eigenvalue weighted by Gasteiger charge is -2.20. The first kappa shape index (κ1) is 13.0. The second-order valence-corrected chi connectivity index (χ2v) is 5.23. The number of rotatable bonds is 3.